The lowest BCUT2D eigenvalue weighted by Crippen LogP contribution is -2.51. The highest BCUT2D eigenvalue weighted by molar-refractivity contribution is 5.89. The number of hydrogen-bond acceptors (Lipinski definition) is 4. The molecule has 7 nitrogen and oxygen atoms in total. The summed E-state index contributed by atoms with van der Waals surface area (Å²) in [6.07, 6.45) is 9.91. The summed E-state index contributed by atoms with van der Waals surface area (Å²) in [5, 5.41) is 30.6. The van der Waals surface area contributed by atoms with Crippen LogP contribution in [0.15, 0.2) is 12.4 Å². The van der Waals surface area contributed by atoms with Crippen LogP contribution in [0.5, 0.6) is 0 Å². The first-order valence-corrected chi connectivity index (χ1v) is 8.48. The van der Waals surface area contributed by atoms with Crippen LogP contribution in [0, 0.1) is 0 Å². The predicted molar refractivity (Wildman–Crippen MR) is 86.0 cm³/mol. The molecule has 2 saturated carbocycles. The quantitative estimate of drug-likeness (QED) is 0.664. The number of urea groups is 1. The highest BCUT2D eigenvalue weighted by Gasteiger charge is 2.39. The second kappa shape index (κ2) is 6.49. The lowest BCUT2D eigenvalue weighted by Gasteiger charge is -2.36. The lowest BCUT2D eigenvalue weighted by atomic mass is 9.98. The highest BCUT2D eigenvalue weighted by Crippen LogP contribution is 2.34. The van der Waals surface area contributed by atoms with Crippen molar-refractivity contribution in [3.05, 3.63) is 12.4 Å². The molecule has 0 atom stereocenters. The number of carbonyl (C=O) groups excluding carboxylic acids is 1. The Bertz CT molecular complexity index is 495. The SMILES string of the molecule is O=C(Nc1cn[nH]c1)N(CC1(O)CCCC1)CC1(O)CCCC1. The van der Waals surface area contributed by atoms with Gasteiger partial charge in [-0.05, 0) is 25.7 Å². The van der Waals surface area contributed by atoms with E-state index in [2.05, 4.69) is 15.5 Å². The van der Waals surface area contributed by atoms with Gasteiger partial charge in [0.25, 0.3) is 0 Å². The summed E-state index contributed by atoms with van der Waals surface area (Å²) in [7, 11) is 0. The molecule has 0 radical (unpaired) electrons. The molecule has 0 aliphatic heterocycles. The number of hydrogen-bond donors (Lipinski definition) is 4. The molecule has 0 saturated heterocycles. The fraction of sp³-hybridized carbons (Fsp3) is 0.750. The Labute approximate surface area is 136 Å². The zero-order valence-corrected chi connectivity index (χ0v) is 13.4. The average molecular weight is 322 g/mol. The summed E-state index contributed by atoms with van der Waals surface area (Å²) >= 11 is 0. The summed E-state index contributed by atoms with van der Waals surface area (Å²) in [6.45, 7) is 0.526. The van der Waals surface area contributed by atoms with E-state index in [4.69, 9.17) is 0 Å². The molecule has 0 unspecified atom stereocenters. The lowest BCUT2D eigenvalue weighted by molar-refractivity contribution is -0.0173. The molecular weight excluding hydrogens is 296 g/mol. The Kier molecular flexibility index (Phi) is 4.59. The second-order valence-corrected chi connectivity index (χ2v) is 7.14. The molecule has 1 aromatic rings. The maximum absolute atomic E-state index is 12.6. The van der Waals surface area contributed by atoms with Crippen molar-refractivity contribution < 1.29 is 15.0 Å². The van der Waals surface area contributed by atoms with Crippen molar-refractivity contribution in [2.75, 3.05) is 18.4 Å². The zero-order valence-electron chi connectivity index (χ0n) is 13.4. The smallest absolute Gasteiger partial charge is 0.322 e. The number of rotatable bonds is 5. The number of carbonyl (C=O) groups is 1. The van der Waals surface area contributed by atoms with Crippen molar-refractivity contribution in [3.63, 3.8) is 0 Å². The van der Waals surface area contributed by atoms with E-state index in [0.717, 1.165) is 25.7 Å². The van der Waals surface area contributed by atoms with Crippen LogP contribution in [0.4, 0.5) is 10.5 Å². The van der Waals surface area contributed by atoms with Crippen molar-refractivity contribution in [2.45, 2.75) is 62.6 Å². The van der Waals surface area contributed by atoms with Crippen LogP contribution >= 0.6 is 0 Å². The molecule has 1 aromatic heterocycles. The summed E-state index contributed by atoms with van der Waals surface area (Å²) in [4.78, 5) is 14.2. The van der Waals surface area contributed by atoms with Crippen molar-refractivity contribution in [1.82, 2.24) is 15.1 Å². The van der Waals surface area contributed by atoms with Crippen LogP contribution in [0.2, 0.25) is 0 Å². The van der Waals surface area contributed by atoms with Gasteiger partial charge in [-0.1, -0.05) is 25.7 Å². The van der Waals surface area contributed by atoms with E-state index >= 15 is 0 Å². The maximum atomic E-state index is 12.6. The first-order valence-electron chi connectivity index (χ1n) is 8.48. The van der Waals surface area contributed by atoms with Crippen molar-refractivity contribution in [2.24, 2.45) is 0 Å². The molecule has 2 aliphatic rings. The molecule has 23 heavy (non-hydrogen) atoms. The first-order chi connectivity index (χ1) is 11.0. The number of anilines is 1. The largest absolute Gasteiger partial charge is 0.388 e. The van der Waals surface area contributed by atoms with E-state index in [9.17, 15) is 15.0 Å². The Morgan fingerprint density at radius 1 is 1.13 bits per heavy atom. The minimum Gasteiger partial charge on any atom is -0.388 e. The highest BCUT2D eigenvalue weighted by atomic mass is 16.3. The fourth-order valence-corrected chi connectivity index (χ4v) is 3.81. The van der Waals surface area contributed by atoms with Crippen LogP contribution in [-0.2, 0) is 0 Å². The van der Waals surface area contributed by atoms with Gasteiger partial charge in [0.2, 0.25) is 0 Å². The molecule has 7 heteroatoms. The molecular formula is C16H26N4O3. The Hall–Kier alpha value is -1.60. The number of nitrogens with one attached hydrogen (secondary N) is 2. The maximum Gasteiger partial charge on any atom is 0.322 e. The number of aromatic amines is 1. The number of H-pyrrole nitrogens is 1. The minimum absolute atomic E-state index is 0.263. The predicted octanol–water partition coefficient (Wildman–Crippen LogP) is 1.85. The van der Waals surface area contributed by atoms with Gasteiger partial charge in [-0.25, -0.2) is 4.79 Å². The first kappa shape index (κ1) is 16.3. The monoisotopic (exact) mass is 322 g/mol. The van der Waals surface area contributed by atoms with E-state index in [1.54, 1.807) is 11.1 Å². The zero-order chi connectivity index (χ0) is 16.3. The Morgan fingerprint density at radius 3 is 2.09 bits per heavy atom. The van der Waals surface area contributed by atoms with Crippen LogP contribution in [-0.4, -0.2) is 55.6 Å². The van der Waals surface area contributed by atoms with E-state index in [1.165, 1.54) is 6.20 Å². The summed E-state index contributed by atoms with van der Waals surface area (Å²) < 4.78 is 0. The van der Waals surface area contributed by atoms with Gasteiger partial charge in [0.1, 0.15) is 0 Å². The van der Waals surface area contributed by atoms with Gasteiger partial charge in [-0.3, -0.25) is 5.10 Å². The molecule has 128 valence electrons. The van der Waals surface area contributed by atoms with Crippen molar-refractivity contribution in [1.29, 1.82) is 0 Å². The third-order valence-electron chi connectivity index (χ3n) is 5.08. The molecule has 0 aromatic carbocycles. The third-order valence-corrected chi connectivity index (χ3v) is 5.08. The number of amides is 2. The van der Waals surface area contributed by atoms with E-state index in [1.807, 2.05) is 0 Å². The number of nitrogens with zero attached hydrogens (tertiary/aromatic N) is 2. The fourth-order valence-electron chi connectivity index (χ4n) is 3.81. The standard InChI is InChI=1S/C16H26N4O3/c21-14(19-13-9-17-18-10-13)20(11-15(22)5-1-2-6-15)12-16(23)7-3-4-8-16/h9-10,22-23H,1-8,11-12H2,(H,17,18)(H,19,21). The van der Waals surface area contributed by atoms with Crippen LogP contribution in [0.3, 0.4) is 0 Å². The molecule has 1 heterocycles. The van der Waals surface area contributed by atoms with Crippen LogP contribution in [0.1, 0.15) is 51.4 Å². The Morgan fingerprint density at radius 2 is 1.65 bits per heavy atom. The van der Waals surface area contributed by atoms with Gasteiger partial charge in [-0.15, -0.1) is 0 Å². The van der Waals surface area contributed by atoms with Gasteiger partial charge < -0.3 is 20.4 Å². The summed E-state index contributed by atoms with van der Waals surface area (Å²) in [6, 6.07) is -0.299. The molecule has 2 aliphatic carbocycles. The van der Waals surface area contributed by atoms with Gasteiger partial charge in [0, 0.05) is 6.20 Å². The minimum atomic E-state index is -0.831. The number of aromatic nitrogens is 2. The third kappa shape index (κ3) is 4.03. The summed E-state index contributed by atoms with van der Waals surface area (Å²) in [5.74, 6) is 0. The second-order valence-electron chi connectivity index (χ2n) is 7.14. The van der Waals surface area contributed by atoms with Crippen molar-refractivity contribution >= 4 is 11.7 Å². The van der Waals surface area contributed by atoms with Gasteiger partial charge in [0.15, 0.2) is 0 Å². The average Bonchev–Trinajstić information content (AvgIpc) is 3.22. The normalized spacial score (nSPS) is 22.2. The van der Waals surface area contributed by atoms with Crippen LogP contribution in [0.25, 0.3) is 0 Å². The van der Waals surface area contributed by atoms with E-state index in [0.29, 0.717) is 31.4 Å². The van der Waals surface area contributed by atoms with Crippen molar-refractivity contribution in [3.8, 4) is 0 Å². The van der Waals surface area contributed by atoms with Gasteiger partial charge in [0.05, 0.1) is 36.2 Å². The number of aliphatic hydroxyl groups is 2. The molecule has 3 rings (SSSR count). The topological polar surface area (TPSA) is 101 Å². The van der Waals surface area contributed by atoms with E-state index < -0.39 is 11.2 Å². The van der Waals surface area contributed by atoms with Gasteiger partial charge in [-0.2, -0.15) is 5.10 Å². The molecule has 0 spiro atoms. The molecule has 0 bridgehead atoms. The van der Waals surface area contributed by atoms with Crippen LogP contribution < -0.4 is 5.32 Å². The van der Waals surface area contributed by atoms with Gasteiger partial charge >= 0.3 is 6.03 Å². The molecule has 2 amide bonds. The molecule has 4 N–H and O–H groups in total. The molecule has 2 fully saturated rings. The van der Waals surface area contributed by atoms with E-state index in [-0.39, 0.29) is 19.1 Å². The summed E-state index contributed by atoms with van der Waals surface area (Å²) in [5.41, 5.74) is -1.08. The Balaban J connectivity index is 1.70.